The van der Waals surface area contributed by atoms with Gasteiger partial charge in [-0.3, -0.25) is 9.59 Å². The number of hydrogen-bond acceptors (Lipinski definition) is 7. The van der Waals surface area contributed by atoms with E-state index < -0.39 is 0 Å². The number of hydrogen-bond donors (Lipinski definition) is 1. The summed E-state index contributed by atoms with van der Waals surface area (Å²) in [6.07, 6.45) is 0. The Morgan fingerprint density at radius 3 is 2.19 bits per heavy atom. The number of carbonyl (C=O) groups is 2. The predicted molar refractivity (Wildman–Crippen MR) is 140 cm³/mol. The molecule has 1 aromatic heterocycles. The minimum atomic E-state index is -0.352. The van der Waals surface area contributed by atoms with Gasteiger partial charge in [-0.05, 0) is 48.5 Å². The highest BCUT2D eigenvalue weighted by atomic mass is 32.1. The van der Waals surface area contributed by atoms with E-state index >= 15 is 0 Å². The highest BCUT2D eigenvalue weighted by Crippen LogP contribution is 2.19. The Kier molecular flexibility index (Phi) is 7.18. The molecule has 8 nitrogen and oxygen atoms in total. The second kappa shape index (κ2) is 11.0. The Balaban J connectivity index is 1.12. The minimum absolute atomic E-state index is 0.00669. The maximum absolute atomic E-state index is 13.0. The molecule has 9 heteroatoms. The zero-order valence-corrected chi connectivity index (χ0v) is 20.4. The fourth-order valence-electron chi connectivity index (χ4n) is 3.94. The van der Waals surface area contributed by atoms with Gasteiger partial charge in [-0.1, -0.05) is 47.7 Å². The average molecular weight is 500 g/mol. The maximum Gasteiger partial charge on any atom is 0.286 e. The van der Waals surface area contributed by atoms with E-state index in [1.54, 1.807) is 24.3 Å². The average Bonchev–Trinajstić information content (AvgIpc) is 3.43. The van der Waals surface area contributed by atoms with Crippen LogP contribution < -0.4 is 15.0 Å². The maximum atomic E-state index is 13.0. The number of aromatic nitrogens is 2. The number of para-hydroxylation sites is 2. The zero-order chi connectivity index (χ0) is 24.7. The van der Waals surface area contributed by atoms with Crippen molar-refractivity contribution >= 4 is 34.5 Å². The third kappa shape index (κ3) is 5.69. The molecule has 4 aromatic rings. The summed E-state index contributed by atoms with van der Waals surface area (Å²) >= 11 is 1.18. The number of nitrogens with one attached hydrogen (secondary N) is 1. The normalized spacial score (nSPS) is 13.3. The molecule has 5 rings (SSSR count). The molecule has 0 unspecified atom stereocenters. The first kappa shape index (κ1) is 23.5. The van der Waals surface area contributed by atoms with E-state index in [1.807, 2.05) is 53.4 Å². The van der Waals surface area contributed by atoms with Crippen molar-refractivity contribution in [1.29, 1.82) is 0 Å². The number of piperazine rings is 1. The molecule has 0 bridgehead atoms. The van der Waals surface area contributed by atoms with Gasteiger partial charge in [0.25, 0.3) is 11.8 Å². The van der Waals surface area contributed by atoms with E-state index in [9.17, 15) is 9.59 Å². The summed E-state index contributed by atoms with van der Waals surface area (Å²) in [4.78, 5) is 29.7. The summed E-state index contributed by atoms with van der Waals surface area (Å²) in [5, 5.41) is 11.7. The molecule has 182 valence electrons. The van der Waals surface area contributed by atoms with Crippen molar-refractivity contribution in [3.8, 4) is 5.75 Å². The van der Waals surface area contributed by atoms with Gasteiger partial charge in [0, 0.05) is 43.1 Å². The number of ether oxygens (including phenoxy) is 1. The topological polar surface area (TPSA) is 87.7 Å². The molecule has 1 saturated heterocycles. The van der Waals surface area contributed by atoms with E-state index in [0.29, 0.717) is 29.3 Å². The number of benzene rings is 3. The van der Waals surface area contributed by atoms with Crippen molar-refractivity contribution in [2.75, 3.05) is 36.4 Å². The summed E-state index contributed by atoms with van der Waals surface area (Å²) in [6.45, 7) is 3.17. The van der Waals surface area contributed by atoms with Crippen molar-refractivity contribution in [2.45, 2.75) is 6.61 Å². The van der Waals surface area contributed by atoms with E-state index in [0.717, 1.165) is 18.8 Å². The van der Waals surface area contributed by atoms with Crippen molar-refractivity contribution < 1.29 is 14.3 Å². The van der Waals surface area contributed by atoms with Crippen LogP contribution in [0.4, 0.5) is 11.4 Å². The van der Waals surface area contributed by atoms with Crippen molar-refractivity contribution in [2.24, 2.45) is 0 Å². The van der Waals surface area contributed by atoms with Crippen molar-refractivity contribution in [1.82, 2.24) is 15.1 Å². The number of amides is 2. The minimum Gasteiger partial charge on any atom is -0.486 e. The summed E-state index contributed by atoms with van der Waals surface area (Å²) in [6, 6.07) is 26.6. The van der Waals surface area contributed by atoms with E-state index in [1.165, 1.54) is 17.0 Å². The van der Waals surface area contributed by atoms with E-state index in [2.05, 4.69) is 32.5 Å². The lowest BCUT2D eigenvalue weighted by Gasteiger charge is -2.36. The molecular weight excluding hydrogens is 474 g/mol. The summed E-state index contributed by atoms with van der Waals surface area (Å²) in [5.74, 6) is 0.369. The molecule has 0 atom stereocenters. The zero-order valence-electron chi connectivity index (χ0n) is 19.5. The van der Waals surface area contributed by atoms with Crippen LogP contribution in [0.3, 0.4) is 0 Å². The van der Waals surface area contributed by atoms with Gasteiger partial charge in [0.1, 0.15) is 12.4 Å². The molecule has 1 aliphatic heterocycles. The molecule has 1 aliphatic rings. The van der Waals surface area contributed by atoms with Crippen LogP contribution in [0, 0.1) is 0 Å². The Morgan fingerprint density at radius 2 is 1.50 bits per heavy atom. The van der Waals surface area contributed by atoms with E-state index in [4.69, 9.17) is 4.74 Å². The van der Waals surface area contributed by atoms with Crippen LogP contribution in [0.2, 0.25) is 0 Å². The first-order chi connectivity index (χ1) is 17.7. The lowest BCUT2D eigenvalue weighted by molar-refractivity contribution is 0.0746. The Bertz CT molecular complexity index is 1300. The van der Waals surface area contributed by atoms with Crippen LogP contribution in [-0.2, 0) is 6.61 Å². The van der Waals surface area contributed by atoms with Crippen LogP contribution in [0.15, 0.2) is 84.9 Å². The molecule has 2 heterocycles. The first-order valence-electron chi connectivity index (χ1n) is 11.7. The number of nitrogens with zero attached hydrogens (tertiary/aromatic N) is 4. The lowest BCUT2D eigenvalue weighted by atomic mass is 10.1. The van der Waals surface area contributed by atoms with Crippen molar-refractivity contribution in [3.63, 3.8) is 0 Å². The largest absolute Gasteiger partial charge is 0.486 e. The molecule has 3 aromatic carbocycles. The molecule has 2 amide bonds. The van der Waals surface area contributed by atoms with Crippen LogP contribution in [0.25, 0.3) is 0 Å². The number of anilines is 2. The molecule has 0 aliphatic carbocycles. The standard InChI is InChI=1S/C27H25N5O3S/c33-25(26-30-29-24(36-26)19-35-23-9-5-2-6-10-23)28-21-13-11-20(12-14-21)27(34)32-17-15-31(16-18-32)22-7-3-1-4-8-22/h1-14H,15-19H2,(H,28,33). The summed E-state index contributed by atoms with van der Waals surface area (Å²) < 4.78 is 5.65. The fourth-order valence-corrected chi connectivity index (χ4v) is 4.58. The second-order valence-electron chi connectivity index (χ2n) is 8.25. The number of rotatable bonds is 7. The van der Waals surface area contributed by atoms with Gasteiger partial charge < -0.3 is 19.9 Å². The highest BCUT2D eigenvalue weighted by molar-refractivity contribution is 7.13. The van der Waals surface area contributed by atoms with Gasteiger partial charge in [0.05, 0.1) is 0 Å². The third-order valence-corrected chi connectivity index (χ3v) is 6.74. The molecule has 36 heavy (non-hydrogen) atoms. The van der Waals surface area contributed by atoms with Crippen LogP contribution >= 0.6 is 11.3 Å². The monoisotopic (exact) mass is 499 g/mol. The van der Waals surface area contributed by atoms with Gasteiger partial charge in [0.15, 0.2) is 5.01 Å². The highest BCUT2D eigenvalue weighted by Gasteiger charge is 2.22. The fraction of sp³-hybridized carbons (Fsp3) is 0.185. The van der Waals surface area contributed by atoms with Gasteiger partial charge >= 0.3 is 0 Å². The molecule has 0 spiro atoms. The summed E-state index contributed by atoms with van der Waals surface area (Å²) in [7, 11) is 0. The SMILES string of the molecule is O=C(Nc1ccc(C(=O)N2CCN(c3ccccc3)CC2)cc1)c1nnc(COc2ccccc2)s1. The smallest absolute Gasteiger partial charge is 0.286 e. The van der Waals surface area contributed by atoms with Gasteiger partial charge in [-0.15, -0.1) is 10.2 Å². The molecule has 1 fully saturated rings. The van der Waals surface area contributed by atoms with Gasteiger partial charge in [-0.25, -0.2) is 0 Å². The predicted octanol–water partition coefficient (Wildman–Crippen LogP) is 4.33. The molecule has 1 N–H and O–H groups in total. The second-order valence-corrected chi connectivity index (χ2v) is 9.31. The molecule has 0 saturated carbocycles. The van der Waals surface area contributed by atoms with E-state index in [-0.39, 0.29) is 23.4 Å². The molecule has 0 radical (unpaired) electrons. The Hall–Kier alpha value is -4.24. The number of carbonyl (C=O) groups excluding carboxylic acids is 2. The Morgan fingerprint density at radius 1 is 0.833 bits per heavy atom. The summed E-state index contributed by atoms with van der Waals surface area (Å²) in [5.41, 5.74) is 2.36. The first-order valence-corrected chi connectivity index (χ1v) is 12.5. The van der Waals surface area contributed by atoms with Crippen LogP contribution in [0.5, 0.6) is 5.75 Å². The molecular formula is C27H25N5O3S. The van der Waals surface area contributed by atoms with Crippen LogP contribution in [-0.4, -0.2) is 53.1 Å². The quantitative estimate of drug-likeness (QED) is 0.407. The lowest BCUT2D eigenvalue weighted by Crippen LogP contribution is -2.48. The Labute approximate surface area is 213 Å². The van der Waals surface area contributed by atoms with Gasteiger partial charge in [-0.2, -0.15) is 0 Å². The third-order valence-electron chi connectivity index (χ3n) is 5.84. The van der Waals surface area contributed by atoms with Gasteiger partial charge in [0.2, 0.25) is 5.01 Å². The van der Waals surface area contributed by atoms with Crippen LogP contribution in [0.1, 0.15) is 25.2 Å². The van der Waals surface area contributed by atoms with Crippen molar-refractivity contribution in [3.05, 3.63) is 101 Å².